The molecule has 0 saturated heterocycles. The molecule has 0 radical (unpaired) electrons. The van der Waals surface area contributed by atoms with E-state index in [0.29, 0.717) is 0 Å². The van der Waals surface area contributed by atoms with Gasteiger partial charge in [-0.25, -0.2) is 4.90 Å². The summed E-state index contributed by atoms with van der Waals surface area (Å²) in [5, 5.41) is 0. The molecule has 0 atom stereocenters. The molecule has 104 valence electrons. The Morgan fingerprint density at radius 2 is 1.74 bits per heavy atom. The molecule has 3 nitrogen and oxygen atoms in total. The van der Waals surface area contributed by atoms with Crippen LogP contribution >= 0.6 is 0 Å². The Balaban J connectivity index is 2.81. The van der Waals surface area contributed by atoms with Crippen LogP contribution in [0.5, 0.6) is 0 Å². The van der Waals surface area contributed by atoms with Gasteiger partial charge in [0.15, 0.2) is 0 Å². The van der Waals surface area contributed by atoms with Gasteiger partial charge in [0.05, 0.1) is 13.0 Å². The van der Waals surface area contributed by atoms with E-state index in [9.17, 15) is 5.53 Å². The molecule has 0 unspecified atom stereocenters. The molecule has 1 aromatic carbocycles. The number of unbranched alkanes of at least 4 members (excludes halogenated alkanes) is 3. The van der Waals surface area contributed by atoms with Gasteiger partial charge in [0.25, 0.3) is 0 Å². The quantitative estimate of drug-likeness (QED) is 0.223. The summed E-state index contributed by atoms with van der Waals surface area (Å²) in [6, 6.07) is 10.2. The lowest BCUT2D eigenvalue weighted by Gasteiger charge is -2.16. The number of nitrogens with zero attached hydrogens (tertiary/aromatic N) is 3. The van der Waals surface area contributed by atoms with Crippen molar-refractivity contribution in [3.05, 3.63) is 35.9 Å². The summed E-state index contributed by atoms with van der Waals surface area (Å²) in [7, 11) is 0. The Bertz CT molecular complexity index is 394. The molecule has 3 heteroatoms. The minimum absolute atomic E-state index is 0.782. The van der Waals surface area contributed by atoms with Crippen LogP contribution < -0.4 is 4.90 Å². The first-order valence-corrected chi connectivity index (χ1v) is 7.37. The summed E-state index contributed by atoms with van der Waals surface area (Å²) in [4.78, 5) is 5.67. The van der Waals surface area contributed by atoms with Crippen LogP contribution in [-0.4, -0.2) is 17.2 Å². The predicted molar refractivity (Wildman–Crippen MR) is 81.5 cm³/mol. The van der Waals surface area contributed by atoms with Crippen molar-refractivity contribution in [1.29, 1.82) is 0 Å². The van der Waals surface area contributed by atoms with Crippen LogP contribution in [0.1, 0.15) is 52.4 Å². The lowest BCUT2D eigenvalue weighted by atomic mass is 10.1. The molecule has 0 aliphatic rings. The Morgan fingerprint density at radius 3 is 2.32 bits per heavy atom. The number of amidine groups is 1. The van der Waals surface area contributed by atoms with E-state index in [1.807, 2.05) is 18.2 Å². The molecule has 0 saturated carbocycles. The molecule has 0 spiro atoms. The molecule has 19 heavy (non-hydrogen) atoms. The first-order chi connectivity index (χ1) is 9.33. The Morgan fingerprint density at radius 1 is 1.05 bits per heavy atom. The van der Waals surface area contributed by atoms with Crippen molar-refractivity contribution in [3.8, 4) is 0 Å². The zero-order valence-corrected chi connectivity index (χ0v) is 12.2. The van der Waals surface area contributed by atoms with Gasteiger partial charge in [0, 0.05) is 0 Å². The highest BCUT2D eigenvalue weighted by Gasteiger charge is 2.21. The van der Waals surface area contributed by atoms with Crippen molar-refractivity contribution < 1.29 is 4.79 Å². The second-order valence-electron chi connectivity index (χ2n) is 4.81. The normalized spacial score (nSPS) is 10.0. The second kappa shape index (κ2) is 9.35. The minimum Gasteiger partial charge on any atom is -0.498 e. The van der Waals surface area contributed by atoms with Crippen LogP contribution in [-0.2, 0) is 0 Å². The largest absolute Gasteiger partial charge is 0.498 e. The maximum absolute atomic E-state index is 9.29. The minimum atomic E-state index is 0.782. The Hall–Kier alpha value is -1.60. The highest BCUT2D eigenvalue weighted by molar-refractivity contribution is 5.93. The molecule has 0 N–H and O–H groups in total. The molecule has 0 aromatic heterocycles. The number of para-hydroxylation sites is 1. The van der Waals surface area contributed by atoms with Crippen LogP contribution in [0.15, 0.2) is 30.3 Å². The molecule has 0 bridgehead atoms. The first kappa shape index (κ1) is 15.5. The summed E-state index contributed by atoms with van der Waals surface area (Å²) >= 11 is 0. The van der Waals surface area contributed by atoms with Crippen molar-refractivity contribution >= 4 is 11.5 Å². The standard InChI is InChI=1S/C16H25N3/c1-3-5-10-14-19(15-11-8-7-9-12-15)16(18-17)13-6-4-2/h7-9,11-12H,3-6,10,13-14H2,1-2H3. The van der Waals surface area contributed by atoms with Gasteiger partial charge in [-0.3, -0.25) is 0 Å². The van der Waals surface area contributed by atoms with E-state index in [1.54, 1.807) is 0 Å². The third-order valence-electron chi connectivity index (χ3n) is 3.23. The topological polar surface area (TPSA) is 39.6 Å². The number of hydrogen-bond donors (Lipinski definition) is 0. The van der Waals surface area contributed by atoms with E-state index >= 15 is 0 Å². The van der Waals surface area contributed by atoms with Crippen LogP contribution in [0.2, 0.25) is 0 Å². The van der Waals surface area contributed by atoms with Gasteiger partial charge in [0.1, 0.15) is 5.69 Å². The molecule has 0 fully saturated rings. The van der Waals surface area contributed by atoms with E-state index in [0.717, 1.165) is 43.8 Å². The fraction of sp³-hybridized carbons (Fsp3) is 0.562. The van der Waals surface area contributed by atoms with E-state index in [4.69, 9.17) is 0 Å². The zero-order valence-electron chi connectivity index (χ0n) is 12.2. The maximum Gasteiger partial charge on any atom is 0.334 e. The van der Waals surface area contributed by atoms with E-state index in [1.165, 1.54) is 12.8 Å². The van der Waals surface area contributed by atoms with Crippen LogP contribution in [0.3, 0.4) is 0 Å². The molecular formula is C16H25N3. The highest BCUT2D eigenvalue weighted by atomic mass is 15.2. The highest BCUT2D eigenvalue weighted by Crippen LogP contribution is 2.16. The molecular weight excluding hydrogens is 234 g/mol. The van der Waals surface area contributed by atoms with Gasteiger partial charge >= 0.3 is 5.84 Å². The zero-order chi connectivity index (χ0) is 13.9. The van der Waals surface area contributed by atoms with Crippen molar-refractivity contribution in [2.45, 2.75) is 52.4 Å². The van der Waals surface area contributed by atoms with Gasteiger partial charge in [-0.1, -0.05) is 44.9 Å². The second-order valence-corrected chi connectivity index (χ2v) is 4.81. The van der Waals surface area contributed by atoms with Gasteiger partial charge in [-0.2, -0.15) is 0 Å². The Labute approximate surface area is 116 Å². The van der Waals surface area contributed by atoms with Crippen LogP contribution in [0.4, 0.5) is 5.69 Å². The van der Waals surface area contributed by atoms with E-state index in [2.05, 4.69) is 35.7 Å². The average molecular weight is 259 g/mol. The lowest BCUT2D eigenvalue weighted by Crippen LogP contribution is -2.32. The summed E-state index contributed by atoms with van der Waals surface area (Å²) < 4.78 is 0. The molecule has 1 aromatic rings. The van der Waals surface area contributed by atoms with Crippen molar-refractivity contribution in [2.75, 3.05) is 11.4 Å². The van der Waals surface area contributed by atoms with E-state index < -0.39 is 0 Å². The van der Waals surface area contributed by atoms with E-state index in [-0.39, 0.29) is 0 Å². The molecule has 0 amide bonds. The number of hydrogen-bond acceptors (Lipinski definition) is 0. The van der Waals surface area contributed by atoms with Crippen LogP contribution in [0.25, 0.3) is 5.53 Å². The van der Waals surface area contributed by atoms with Crippen molar-refractivity contribution in [1.82, 2.24) is 0 Å². The SMILES string of the molecule is CCCCCN(C(CCCC)=[N+]=[N-])c1ccccc1. The predicted octanol–water partition coefficient (Wildman–Crippen LogP) is 4.50. The first-order valence-electron chi connectivity index (χ1n) is 7.37. The summed E-state index contributed by atoms with van der Waals surface area (Å²) in [5.41, 5.74) is 10.4. The summed E-state index contributed by atoms with van der Waals surface area (Å²) in [6.45, 7) is 5.27. The summed E-state index contributed by atoms with van der Waals surface area (Å²) in [6.07, 6.45) is 6.51. The van der Waals surface area contributed by atoms with Gasteiger partial charge < -0.3 is 10.3 Å². The third kappa shape index (κ3) is 5.27. The third-order valence-corrected chi connectivity index (χ3v) is 3.23. The monoisotopic (exact) mass is 259 g/mol. The Kier molecular flexibility index (Phi) is 7.60. The fourth-order valence-corrected chi connectivity index (χ4v) is 2.11. The number of anilines is 1. The summed E-state index contributed by atoms with van der Waals surface area (Å²) in [5.74, 6) is 0.782. The molecule has 0 aliphatic heterocycles. The fourth-order valence-electron chi connectivity index (χ4n) is 2.11. The van der Waals surface area contributed by atoms with Crippen molar-refractivity contribution in [2.24, 2.45) is 0 Å². The van der Waals surface area contributed by atoms with Gasteiger partial charge in [0.2, 0.25) is 0 Å². The van der Waals surface area contributed by atoms with Crippen molar-refractivity contribution in [3.63, 3.8) is 0 Å². The van der Waals surface area contributed by atoms with Crippen LogP contribution in [0, 0.1) is 0 Å². The molecule has 1 rings (SSSR count). The van der Waals surface area contributed by atoms with Gasteiger partial charge in [-0.05, 0) is 31.4 Å². The molecule has 0 aliphatic carbocycles. The maximum atomic E-state index is 9.29. The number of benzene rings is 1. The lowest BCUT2D eigenvalue weighted by molar-refractivity contribution is -0.0111. The average Bonchev–Trinajstić information content (AvgIpc) is 2.47. The smallest absolute Gasteiger partial charge is 0.334 e. The molecule has 0 heterocycles. The number of rotatable bonds is 8. The van der Waals surface area contributed by atoms with Gasteiger partial charge in [-0.15, -0.1) is 0 Å².